The summed E-state index contributed by atoms with van der Waals surface area (Å²) in [6, 6.07) is 5.70. The summed E-state index contributed by atoms with van der Waals surface area (Å²) in [6.45, 7) is 0. The highest BCUT2D eigenvalue weighted by molar-refractivity contribution is 7.15. The van der Waals surface area contributed by atoms with Crippen LogP contribution in [0.4, 0.5) is 19.0 Å². The van der Waals surface area contributed by atoms with Crippen LogP contribution in [0.3, 0.4) is 0 Å². The van der Waals surface area contributed by atoms with Gasteiger partial charge in [0.05, 0.1) is 0 Å². The molecule has 0 atom stereocenters. The second-order valence-electron chi connectivity index (χ2n) is 3.13. The number of halogens is 3. The van der Waals surface area contributed by atoms with Crippen molar-refractivity contribution in [1.82, 2.24) is 4.98 Å². The SMILES string of the molecule is Nc1ccc(-c2ccc(C(F)(F)F)s2)cn1. The highest BCUT2D eigenvalue weighted by atomic mass is 32.1. The summed E-state index contributed by atoms with van der Waals surface area (Å²) in [5.74, 6) is 0.344. The topological polar surface area (TPSA) is 38.9 Å². The first kappa shape index (κ1) is 10.9. The van der Waals surface area contributed by atoms with E-state index in [0.717, 1.165) is 6.07 Å². The summed E-state index contributed by atoms with van der Waals surface area (Å²) < 4.78 is 37.1. The fourth-order valence-electron chi connectivity index (χ4n) is 1.20. The van der Waals surface area contributed by atoms with Crippen LogP contribution in [0, 0.1) is 0 Å². The van der Waals surface area contributed by atoms with Crippen LogP contribution in [-0.4, -0.2) is 4.98 Å². The second kappa shape index (κ2) is 3.79. The van der Waals surface area contributed by atoms with Crippen molar-refractivity contribution >= 4 is 17.2 Å². The van der Waals surface area contributed by atoms with E-state index in [9.17, 15) is 13.2 Å². The summed E-state index contributed by atoms with van der Waals surface area (Å²) in [5.41, 5.74) is 6.03. The van der Waals surface area contributed by atoms with Crippen LogP contribution in [0.1, 0.15) is 4.88 Å². The predicted octanol–water partition coefficient (Wildman–Crippen LogP) is 3.41. The highest BCUT2D eigenvalue weighted by Gasteiger charge is 2.32. The maximum absolute atomic E-state index is 12.4. The summed E-state index contributed by atoms with van der Waals surface area (Å²) >= 11 is 0.693. The maximum atomic E-state index is 12.4. The Bertz CT molecular complexity index is 488. The first-order valence-electron chi connectivity index (χ1n) is 4.36. The molecule has 0 saturated carbocycles. The first-order valence-corrected chi connectivity index (χ1v) is 5.17. The molecule has 0 aliphatic rings. The lowest BCUT2D eigenvalue weighted by Crippen LogP contribution is -2.00. The third-order valence-corrected chi connectivity index (χ3v) is 3.14. The molecule has 0 spiro atoms. The van der Waals surface area contributed by atoms with Crippen molar-refractivity contribution in [2.45, 2.75) is 6.18 Å². The molecule has 0 radical (unpaired) electrons. The maximum Gasteiger partial charge on any atom is 0.425 e. The Morgan fingerprint density at radius 3 is 2.38 bits per heavy atom. The van der Waals surface area contributed by atoms with E-state index in [1.807, 2.05) is 0 Å². The fraction of sp³-hybridized carbons (Fsp3) is 0.100. The second-order valence-corrected chi connectivity index (χ2v) is 4.22. The van der Waals surface area contributed by atoms with Gasteiger partial charge in [-0.25, -0.2) is 4.98 Å². The van der Waals surface area contributed by atoms with Crippen molar-refractivity contribution in [2.75, 3.05) is 5.73 Å². The van der Waals surface area contributed by atoms with E-state index >= 15 is 0 Å². The number of hydrogen-bond acceptors (Lipinski definition) is 3. The largest absolute Gasteiger partial charge is 0.425 e. The number of alkyl halides is 3. The van der Waals surface area contributed by atoms with Crippen molar-refractivity contribution < 1.29 is 13.2 Å². The number of rotatable bonds is 1. The molecule has 0 aliphatic carbocycles. The Kier molecular flexibility index (Phi) is 2.59. The third-order valence-electron chi connectivity index (χ3n) is 1.96. The average Bonchev–Trinajstić information content (AvgIpc) is 2.67. The molecule has 2 N–H and O–H groups in total. The van der Waals surface area contributed by atoms with E-state index in [1.165, 1.54) is 12.3 Å². The van der Waals surface area contributed by atoms with Crippen molar-refractivity contribution in [3.8, 4) is 10.4 Å². The molecule has 2 rings (SSSR count). The van der Waals surface area contributed by atoms with Crippen molar-refractivity contribution in [3.63, 3.8) is 0 Å². The van der Waals surface area contributed by atoms with Crippen LogP contribution >= 0.6 is 11.3 Å². The smallest absolute Gasteiger partial charge is 0.384 e. The van der Waals surface area contributed by atoms with Gasteiger partial charge < -0.3 is 5.73 Å². The average molecular weight is 244 g/mol. The standard InChI is InChI=1S/C10H7F3N2S/c11-10(12,13)8-3-2-7(16-8)6-1-4-9(14)15-5-6/h1-5H,(H2,14,15). The van der Waals surface area contributed by atoms with E-state index < -0.39 is 11.1 Å². The predicted molar refractivity (Wildman–Crippen MR) is 57.0 cm³/mol. The van der Waals surface area contributed by atoms with E-state index in [0.29, 0.717) is 27.6 Å². The molecular weight excluding hydrogens is 237 g/mol. The van der Waals surface area contributed by atoms with Gasteiger partial charge in [0.2, 0.25) is 0 Å². The van der Waals surface area contributed by atoms with E-state index in [2.05, 4.69) is 4.98 Å². The number of hydrogen-bond donors (Lipinski definition) is 1. The van der Waals surface area contributed by atoms with Gasteiger partial charge in [0.25, 0.3) is 0 Å². The molecule has 0 amide bonds. The normalized spacial score (nSPS) is 11.7. The van der Waals surface area contributed by atoms with Gasteiger partial charge in [0.15, 0.2) is 0 Å². The zero-order valence-corrected chi connectivity index (χ0v) is 8.77. The number of anilines is 1. The lowest BCUT2D eigenvalue weighted by Gasteiger charge is -2.01. The number of nitrogen functional groups attached to an aromatic ring is 1. The van der Waals surface area contributed by atoms with Crippen molar-refractivity contribution in [3.05, 3.63) is 35.3 Å². The molecule has 0 saturated heterocycles. The van der Waals surface area contributed by atoms with Crippen LogP contribution in [0.5, 0.6) is 0 Å². The number of aromatic nitrogens is 1. The fourth-order valence-corrected chi connectivity index (χ4v) is 2.06. The Hall–Kier alpha value is -1.56. The summed E-state index contributed by atoms with van der Waals surface area (Å²) in [6.07, 6.45) is -2.83. The van der Waals surface area contributed by atoms with Crippen molar-refractivity contribution in [2.24, 2.45) is 0 Å². The Labute approximate surface area is 93.5 Å². The van der Waals surface area contributed by atoms with E-state index in [-0.39, 0.29) is 0 Å². The monoisotopic (exact) mass is 244 g/mol. The van der Waals surface area contributed by atoms with Crippen LogP contribution in [0.25, 0.3) is 10.4 Å². The Morgan fingerprint density at radius 2 is 1.88 bits per heavy atom. The lowest BCUT2D eigenvalue weighted by atomic mass is 10.2. The number of pyridine rings is 1. The van der Waals surface area contributed by atoms with E-state index in [4.69, 9.17) is 5.73 Å². The van der Waals surface area contributed by atoms with Crippen LogP contribution in [0.15, 0.2) is 30.5 Å². The third kappa shape index (κ3) is 2.16. The van der Waals surface area contributed by atoms with Gasteiger partial charge in [0.1, 0.15) is 10.7 Å². The molecule has 16 heavy (non-hydrogen) atoms. The quantitative estimate of drug-likeness (QED) is 0.834. The summed E-state index contributed by atoms with van der Waals surface area (Å²) in [7, 11) is 0. The lowest BCUT2D eigenvalue weighted by molar-refractivity contribution is -0.134. The molecule has 0 unspecified atom stereocenters. The van der Waals surface area contributed by atoms with Crippen LogP contribution < -0.4 is 5.73 Å². The number of thiophene rings is 1. The Morgan fingerprint density at radius 1 is 1.12 bits per heavy atom. The molecule has 84 valence electrons. The zero-order valence-electron chi connectivity index (χ0n) is 7.95. The summed E-state index contributed by atoms with van der Waals surface area (Å²) in [4.78, 5) is 3.75. The van der Waals surface area contributed by atoms with Gasteiger partial charge in [-0.2, -0.15) is 13.2 Å². The summed E-state index contributed by atoms with van der Waals surface area (Å²) in [5, 5.41) is 0. The molecule has 0 aliphatic heterocycles. The molecule has 6 heteroatoms. The molecule has 0 aromatic carbocycles. The van der Waals surface area contributed by atoms with Crippen LogP contribution in [0.2, 0.25) is 0 Å². The molecule has 2 heterocycles. The van der Waals surface area contributed by atoms with E-state index in [1.54, 1.807) is 12.1 Å². The molecule has 0 bridgehead atoms. The molecule has 2 aromatic rings. The van der Waals surface area contributed by atoms with Gasteiger partial charge in [-0.3, -0.25) is 0 Å². The zero-order chi connectivity index (χ0) is 11.8. The number of nitrogens with zero attached hydrogens (tertiary/aromatic N) is 1. The van der Waals surface area contributed by atoms with Gasteiger partial charge in [-0.15, -0.1) is 11.3 Å². The minimum absolute atomic E-state index is 0.344. The molecule has 2 nitrogen and oxygen atoms in total. The Balaban J connectivity index is 2.35. The van der Waals surface area contributed by atoms with Crippen molar-refractivity contribution in [1.29, 1.82) is 0 Å². The minimum atomic E-state index is -4.29. The first-order chi connectivity index (χ1) is 7.47. The van der Waals surface area contributed by atoms with Gasteiger partial charge in [-0.1, -0.05) is 0 Å². The minimum Gasteiger partial charge on any atom is -0.384 e. The van der Waals surface area contributed by atoms with Crippen LogP contribution in [-0.2, 0) is 6.18 Å². The molecule has 2 aromatic heterocycles. The highest BCUT2D eigenvalue weighted by Crippen LogP contribution is 2.38. The number of nitrogens with two attached hydrogens (primary N) is 1. The molecular formula is C10H7F3N2S. The molecule has 0 fully saturated rings. The van der Waals surface area contributed by atoms with Gasteiger partial charge in [0, 0.05) is 16.6 Å². The van der Waals surface area contributed by atoms with Gasteiger partial charge in [-0.05, 0) is 24.3 Å². The van der Waals surface area contributed by atoms with Gasteiger partial charge >= 0.3 is 6.18 Å².